The number of ether oxygens (including phenoxy) is 2. The quantitative estimate of drug-likeness (QED) is 0.521. The molecule has 2 rings (SSSR count). The van der Waals surface area contributed by atoms with Gasteiger partial charge >= 0.3 is 0 Å². The van der Waals surface area contributed by atoms with Crippen molar-refractivity contribution in [2.45, 2.75) is 38.8 Å². The number of nitrogens with one attached hydrogen (secondary N) is 2. The molecule has 0 amide bonds. The van der Waals surface area contributed by atoms with Crippen molar-refractivity contribution in [1.29, 1.82) is 0 Å². The second kappa shape index (κ2) is 11.8. The smallest absolute Gasteiger partial charge is 0.191 e. The molecule has 0 aromatic heterocycles. The van der Waals surface area contributed by atoms with E-state index in [2.05, 4.69) is 46.6 Å². The van der Waals surface area contributed by atoms with Gasteiger partial charge in [0, 0.05) is 45.9 Å². The standard InChI is InChI=1S/C20H34N4O2/c1-4-10-22-20(21-2)23-16-17-6-5-7-19(15-17)26-14-11-24(3)18-8-12-25-13-9-18/h5-7,15,18H,4,8-14,16H2,1-3H3,(H2,21,22,23). The second-order valence-corrected chi connectivity index (χ2v) is 6.67. The number of hydrogen-bond acceptors (Lipinski definition) is 4. The molecule has 1 fully saturated rings. The Morgan fingerprint density at radius 1 is 1.31 bits per heavy atom. The highest BCUT2D eigenvalue weighted by molar-refractivity contribution is 5.79. The van der Waals surface area contributed by atoms with Crippen molar-refractivity contribution >= 4 is 5.96 Å². The summed E-state index contributed by atoms with van der Waals surface area (Å²) >= 11 is 0. The number of hydrogen-bond donors (Lipinski definition) is 2. The van der Waals surface area contributed by atoms with Crippen molar-refractivity contribution in [2.24, 2.45) is 4.99 Å². The van der Waals surface area contributed by atoms with Gasteiger partial charge in [-0.05, 0) is 44.0 Å². The highest BCUT2D eigenvalue weighted by atomic mass is 16.5. The van der Waals surface area contributed by atoms with E-state index in [0.29, 0.717) is 12.6 Å². The lowest BCUT2D eigenvalue weighted by atomic mass is 10.1. The SMILES string of the molecule is CCCNC(=NC)NCc1cccc(OCCN(C)C2CCOCC2)c1. The number of aliphatic imine (C=N–C) groups is 1. The van der Waals surface area contributed by atoms with Crippen molar-refractivity contribution in [2.75, 3.05) is 47.0 Å². The lowest BCUT2D eigenvalue weighted by Crippen LogP contribution is -2.38. The van der Waals surface area contributed by atoms with Crippen LogP contribution in [0.4, 0.5) is 0 Å². The molecule has 1 aliphatic heterocycles. The molecule has 2 N–H and O–H groups in total. The van der Waals surface area contributed by atoms with Gasteiger partial charge in [-0.3, -0.25) is 9.89 Å². The molecule has 0 unspecified atom stereocenters. The average Bonchev–Trinajstić information content (AvgIpc) is 2.69. The Morgan fingerprint density at radius 3 is 2.85 bits per heavy atom. The fraction of sp³-hybridized carbons (Fsp3) is 0.650. The first-order chi connectivity index (χ1) is 12.7. The third-order valence-electron chi connectivity index (χ3n) is 4.65. The first-order valence-electron chi connectivity index (χ1n) is 9.67. The highest BCUT2D eigenvalue weighted by Crippen LogP contribution is 2.15. The third kappa shape index (κ3) is 7.22. The summed E-state index contributed by atoms with van der Waals surface area (Å²) in [5, 5.41) is 6.60. The van der Waals surface area contributed by atoms with Gasteiger partial charge in [-0.1, -0.05) is 19.1 Å². The Bertz CT molecular complexity index is 544. The summed E-state index contributed by atoms with van der Waals surface area (Å²) < 4.78 is 11.4. The molecule has 1 heterocycles. The average molecular weight is 363 g/mol. The minimum absolute atomic E-state index is 0.616. The van der Waals surface area contributed by atoms with Crippen LogP contribution in [-0.2, 0) is 11.3 Å². The van der Waals surface area contributed by atoms with Gasteiger partial charge in [-0.15, -0.1) is 0 Å². The van der Waals surface area contributed by atoms with E-state index in [0.717, 1.165) is 63.8 Å². The lowest BCUT2D eigenvalue weighted by molar-refractivity contribution is 0.0392. The second-order valence-electron chi connectivity index (χ2n) is 6.67. The van der Waals surface area contributed by atoms with Crippen LogP contribution in [0, 0.1) is 0 Å². The van der Waals surface area contributed by atoms with Gasteiger partial charge in [0.2, 0.25) is 0 Å². The Morgan fingerprint density at radius 2 is 2.12 bits per heavy atom. The molecule has 1 aromatic carbocycles. The number of rotatable bonds is 9. The third-order valence-corrected chi connectivity index (χ3v) is 4.65. The zero-order valence-corrected chi connectivity index (χ0v) is 16.5. The van der Waals surface area contributed by atoms with Gasteiger partial charge in [-0.2, -0.15) is 0 Å². The normalized spacial score (nSPS) is 15.9. The van der Waals surface area contributed by atoms with Crippen molar-refractivity contribution < 1.29 is 9.47 Å². The van der Waals surface area contributed by atoms with Crippen LogP contribution in [0.1, 0.15) is 31.7 Å². The van der Waals surface area contributed by atoms with E-state index < -0.39 is 0 Å². The van der Waals surface area contributed by atoms with Crippen LogP contribution in [0.2, 0.25) is 0 Å². The van der Waals surface area contributed by atoms with Crippen LogP contribution in [0.3, 0.4) is 0 Å². The summed E-state index contributed by atoms with van der Waals surface area (Å²) in [5.41, 5.74) is 1.18. The molecular formula is C20H34N4O2. The van der Waals surface area contributed by atoms with Gasteiger partial charge in [0.05, 0.1) is 0 Å². The van der Waals surface area contributed by atoms with Crippen LogP contribution in [0.15, 0.2) is 29.3 Å². The Balaban J connectivity index is 1.74. The zero-order valence-electron chi connectivity index (χ0n) is 16.5. The lowest BCUT2D eigenvalue weighted by Gasteiger charge is -2.31. The minimum atomic E-state index is 0.616. The summed E-state index contributed by atoms with van der Waals surface area (Å²) in [6, 6.07) is 8.86. The van der Waals surface area contributed by atoms with E-state index in [-0.39, 0.29) is 0 Å². The van der Waals surface area contributed by atoms with Crippen LogP contribution >= 0.6 is 0 Å². The van der Waals surface area contributed by atoms with Crippen molar-refractivity contribution in [3.05, 3.63) is 29.8 Å². The monoisotopic (exact) mass is 362 g/mol. The molecule has 0 atom stereocenters. The largest absolute Gasteiger partial charge is 0.492 e. The predicted octanol–water partition coefficient (Wildman–Crippen LogP) is 2.25. The molecule has 0 radical (unpaired) electrons. The molecule has 0 aliphatic carbocycles. The van der Waals surface area contributed by atoms with E-state index in [4.69, 9.17) is 9.47 Å². The van der Waals surface area contributed by atoms with E-state index in [1.807, 2.05) is 12.1 Å². The molecule has 26 heavy (non-hydrogen) atoms. The van der Waals surface area contributed by atoms with Crippen molar-refractivity contribution in [3.63, 3.8) is 0 Å². The maximum Gasteiger partial charge on any atom is 0.191 e. The summed E-state index contributed by atoms with van der Waals surface area (Å²) in [6.07, 6.45) is 3.31. The van der Waals surface area contributed by atoms with E-state index >= 15 is 0 Å². The fourth-order valence-corrected chi connectivity index (χ4v) is 3.01. The molecule has 146 valence electrons. The van der Waals surface area contributed by atoms with Gasteiger partial charge in [0.1, 0.15) is 12.4 Å². The van der Waals surface area contributed by atoms with E-state index in [1.54, 1.807) is 7.05 Å². The maximum atomic E-state index is 5.96. The van der Waals surface area contributed by atoms with Crippen molar-refractivity contribution in [1.82, 2.24) is 15.5 Å². The van der Waals surface area contributed by atoms with Gasteiger partial charge < -0.3 is 20.1 Å². The molecule has 6 nitrogen and oxygen atoms in total. The number of guanidine groups is 1. The summed E-state index contributed by atoms with van der Waals surface area (Å²) in [7, 11) is 3.97. The van der Waals surface area contributed by atoms with Crippen molar-refractivity contribution in [3.8, 4) is 5.75 Å². The molecule has 1 saturated heterocycles. The molecule has 6 heteroatoms. The first kappa shape index (κ1) is 20.5. The van der Waals surface area contributed by atoms with Gasteiger partial charge in [0.25, 0.3) is 0 Å². The molecule has 0 bridgehead atoms. The minimum Gasteiger partial charge on any atom is -0.492 e. The van der Waals surface area contributed by atoms with Crippen LogP contribution in [0.25, 0.3) is 0 Å². The van der Waals surface area contributed by atoms with Gasteiger partial charge in [-0.25, -0.2) is 0 Å². The Kier molecular flexibility index (Phi) is 9.28. The van der Waals surface area contributed by atoms with E-state index in [9.17, 15) is 0 Å². The van der Waals surface area contributed by atoms with Crippen LogP contribution in [0.5, 0.6) is 5.75 Å². The predicted molar refractivity (Wildman–Crippen MR) is 107 cm³/mol. The zero-order chi connectivity index (χ0) is 18.6. The molecule has 0 saturated carbocycles. The maximum absolute atomic E-state index is 5.96. The topological polar surface area (TPSA) is 58.1 Å². The Hall–Kier alpha value is -1.79. The number of benzene rings is 1. The molecular weight excluding hydrogens is 328 g/mol. The summed E-state index contributed by atoms with van der Waals surface area (Å²) in [4.78, 5) is 6.61. The molecule has 1 aromatic rings. The van der Waals surface area contributed by atoms with Crippen LogP contribution in [-0.4, -0.2) is 63.9 Å². The number of likely N-dealkylation sites (N-methyl/N-ethyl adjacent to an activating group) is 1. The van der Waals surface area contributed by atoms with Gasteiger partial charge in [0.15, 0.2) is 5.96 Å². The summed E-state index contributed by atoms with van der Waals surface area (Å²) in [6.45, 7) is 7.17. The van der Waals surface area contributed by atoms with Crippen LogP contribution < -0.4 is 15.4 Å². The molecule has 0 spiro atoms. The first-order valence-corrected chi connectivity index (χ1v) is 9.67. The summed E-state index contributed by atoms with van der Waals surface area (Å²) in [5.74, 6) is 1.75. The fourth-order valence-electron chi connectivity index (χ4n) is 3.01. The highest BCUT2D eigenvalue weighted by Gasteiger charge is 2.17. The van der Waals surface area contributed by atoms with E-state index in [1.165, 1.54) is 5.56 Å². The Labute approximate surface area is 158 Å². The number of nitrogens with zero attached hydrogens (tertiary/aromatic N) is 2. The molecule has 1 aliphatic rings.